The quantitative estimate of drug-likeness (QED) is 0.522. The molecule has 1 aromatic carbocycles. The molecule has 7 nitrogen and oxygen atoms in total. The number of esters is 1. The molecule has 0 bridgehead atoms. The van der Waals surface area contributed by atoms with Crippen molar-refractivity contribution in [3.8, 4) is 0 Å². The van der Waals surface area contributed by atoms with Gasteiger partial charge in [0.1, 0.15) is 6.54 Å². The van der Waals surface area contributed by atoms with Crippen LogP contribution in [-0.4, -0.2) is 24.6 Å². The van der Waals surface area contributed by atoms with Gasteiger partial charge in [0.15, 0.2) is 5.58 Å². The van der Waals surface area contributed by atoms with Crippen LogP contribution in [0.3, 0.4) is 0 Å². The minimum atomic E-state index is -0.551. The maximum atomic E-state index is 11.0. The van der Waals surface area contributed by atoms with Gasteiger partial charge in [-0.25, -0.2) is 4.79 Å². The van der Waals surface area contributed by atoms with Crippen molar-refractivity contribution in [2.45, 2.75) is 0 Å². The zero-order chi connectivity index (χ0) is 12.4. The lowest BCUT2D eigenvalue weighted by molar-refractivity contribution is -0.138. The van der Waals surface area contributed by atoms with Crippen molar-refractivity contribution in [3.63, 3.8) is 0 Å². The molecule has 0 saturated carbocycles. The second-order valence-corrected chi connectivity index (χ2v) is 3.38. The van der Waals surface area contributed by atoms with Gasteiger partial charge in [-0.3, -0.25) is 9.78 Å². The number of ether oxygens (including phenoxy) is 1. The van der Waals surface area contributed by atoms with Crippen LogP contribution in [0.2, 0.25) is 0 Å². The van der Waals surface area contributed by atoms with E-state index in [1.807, 2.05) is 0 Å². The third-order valence-corrected chi connectivity index (χ3v) is 2.24. The molecule has 7 heteroatoms. The third-order valence-electron chi connectivity index (χ3n) is 2.24. The number of nitrogens with one attached hydrogen (secondary N) is 2. The van der Waals surface area contributed by atoms with E-state index in [1.54, 1.807) is 6.07 Å². The van der Waals surface area contributed by atoms with Crippen LogP contribution in [0.5, 0.6) is 0 Å². The summed E-state index contributed by atoms with van der Waals surface area (Å²) in [7, 11) is 1.30. The molecule has 0 amide bonds. The number of hydrogen-bond acceptors (Lipinski definition) is 6. The van der Waals surface area contributed by atoms with Gasteiger partial charge >= 0.3 is 11.7 Å². The van der Waals surface area contributed by atoms with Gasteiger partial charge in [0.05, 0.1) is 24.0 Å². The van der Waals surface area contributed by atoms with Crippen LogP contribution in [0.1, 0.15) is 0 Å². The fraction of sp³-hybridized carbons (Fsp3) is 0.200. The molecule has 0 aliphatic carbocycles. The fourth-order valence-electron chi connectivity index (χ4n) is 1.41. The van der Waals surface area contributed by atoms with Crippen molar-refractivity contribution in [3.05, 3.63) is 22.7 Å². The summed E-state index contributed by atoms with van der Waals surface area (Å²) >= 11 is 0. The number of carbonyl (C=O) groups is 1. The number of aromatic nitrogens is 1. The Hall–Kier alpha value is -2.44. The number of methoxy groups -OCH3 is 1. The normalized spacial score (nSPS) is 10.4. The molecule has 0 spiro atoms. The lowest BCUT2D eigenvalue weighted by Crippen LogP contribution is -2.15. The van der Waals surface area contributed by atoms with E-state index >= 15 is 0 Å². The number of aromatic amines is 1. The number of H-pyrrole nitrogens is 1. The highest BCUT2D eigenvalue weighted by Crippen LogP contribution is 2.23. The molecule has 0 aliphatic heterocycles. The number of carbonyl (C=O) groups excluding carboxylic acids is 1. The summed E-state index contributed by atoms with van der Waals surface area (Å²) in [5.41, 5.74) is 7.52. The van der Waals surface area contributed by atoms with Crippen LogP contribution in [0.15, 0.2) is 21.3 Å². The Morgan fingerprint density at radius 3 is 3.06 bits per heavy atom. The molecular weight excluding hydrogens is 226 g/mol. The summed E-state index contributed by atoms with van der Waals surface area (Å²) in [6.45, 7) is -0.00566. The van der Waals surface area contributed by atoms with Crippen molar-refractivity contribution < 1.29 is 13.9 Å². The summed E-state index contributed by atoms with van der Waals surface area (Å²) in [4.78, 5) is 24.4. The van der Waals surface area contributed by atoms with Gasteiger partial charge in [-0.1, -0.05) is 0 Å². The molecule has 0 saturated heterocycles. The number of oxazole rings is 1. The number of nitrogen functional groups attached to an aromatic ring is 1. The monoisotopic (exact) mass is 237 g/mol. The van der Waals surface area contributed by atoms with Crippen molar-refractivity contribution in [2.24, 2.45) is 0 Å². The molecule has 4 N–H and O–H groups in total. The van der Waals surface area contributed by atoms with Crippen LogP contribution in [0.4, 0.5) is 11.4 Å². The standard InChI is InChI=1S/C10H11N3O4/c1-16-9(14)4-12-6-3-7-8(2-5(6)11)17-10(15)13-7/h2-3,12H,4,11H2,1H3,(H,13,15). The van der Waals surface area contributed by atoms with Gasteiger partial charge in [0, 0.05) is 6.07 Å². The first kappa shape index (κ1) is 11.1. The average Bonchev–Trinajstić information content (AvgIpc) is 2.64. The highest BCUT2D eigenvalue weighted by atomic mass is 16.5. The molecule has 0 aliphatic rings. The van der Waals surface area contributed by atoms with E-state index in [1.165, 1.54) is 13.2 Å². The number of anilines is 2. The van der Waals surface area contributed by atoms with Gasteiger partial charge in [0.25, 0.3) is 0 Å². The molecule has 1 heterocycles. The zero-order valence-corrected chi connectivity index (χ0v) is 9.07. The molecule has 0 atom stereocenters. The SMILES string of the molecule is COC(=O)CNc1cc2[nH]c(=O)oc2cc1N. The zero-order valence-electron chi connectivity index (χ0n) is 9.07. The molecular formula is C10H11N3O4. The van der Waals surface area contributed by atoms with Gasteiger partial charge in [-0.2, -0.15) is 0 Å². The van der Waals surface area contributed by atoms with Gasteiger partial charge in [-0.05, 0) is 6.07 Å². The van der Waals surface area contributed by atoms with Gasteiger partial charge in [-0.15, -0.1) is 0 Å². The number of hydrogen-bond donors (Lipinski definition) is 3. The Balaban J connectivity index is 2.30. The average molecular weight is 237 g/mol. The van der Waals surface area contributed by atoms with Crippen LogP contribution in [0.25, 0.3) is 11.1 Å². The smallest absolute Gasteiger partial charge is 0.417 e. The first-order chi connectivity index (χ1) is 8.10. The van der Waals surface area contributed by atoms with E-state index in [2.05, 4.69) is 15.0 Å². The van der Waals surface area contributed by atoms with Crippen LogP contribution < -0.4 is 16.8 Å². The molecule has 17 heavy (non-hydrogen) atoms. The second-order valence-electron chi connectivity index (χ2n) is 3.38. The number of fused-ring (bicyclic) bond motifs is 1. The van der Waals surface area contributed by atoms with Crippen molar-refractivity contribution >= 4 is 28.4 Å². The molecule has 0 unspecified atom stereocenters. The van der Waals surface area contributed by atoms with E-state index in [0.717, 1.165) is 0 Å². The Kier molecular flexibility index (Phi) is 2.73. The summed E-state index contributed by atoms with van der Waals surface area (Å²) in [6, 6.07) is 3.10. The van der Waals surface area contributed by atoms with Crippen LogP contribution in [0, 0.1) is 0 Å². The number of nitrogens with two attached hydrogens (primary N) is 1. The highest BCUT2D eigenvalue weighted by Gasteiger charge is 2.08. The Labute approximate surface area is 95.5 Å². The van der Waals surface area contributed by atoms with Crippen LogP contribution >= 0.6 is 0 Å². The summed E-state index contributed by atoms with van der Waals surface area (Å²) in [5.74, 6) is -0.963. The topological polar surface area (TPSA) is 110 Å². The van der Waals surface area contributed by atoms with Crippen molar-refractivity contribution in [2.75, 3.05) is 24.7 Å². The van der Waals surface area contributed by atoms with E-state index in [9.17, 15) is 9.59 Å². The Morgan fingerprint density at radius 2 is 2.35 bits per heavy atom. The van der Waals surface area contributed by atoms with E-state index < -0.39 is 11.7 Å². The van der Waals surface area contributed by atoms with Crippen molar-refractivity contribution in [1.29, 1.82) is 0 Å². The first-order valence-corrected chi connectivity index (χ1v) is 4.83. The van der Waals surface area contributed by atoms with E-state index in [-0.39, 0.29) is 6.54 Å². The summed E-state index contributed by atoms with van der Waals surface area (Å²) in [5, 5.41) is 2.80. The first-order valence-electron chi connectivity index (χ1n) is 4.83. The lowest BCUT2D eigenvalue weighted by Gasteiger charge is -2.07. The van der Waals surface area contributed by atoms with E-state index in [4.69, 9.17) is 10.2 Å². The van der Waals surface area contributed by atoms with Gasteiger partial charge < -0.3 is 20.2 Å². The molecule has 0 fully saturated rings. The lowest BCUT2D eigenvalue weighted by atomic mass is 10.2. The molecule has 0 radical (unpaired) electrons. The van der Waals surface area contributed by atoms with Crippen molar-refractivity contribution in [1.82, 2.24) is 4.98 Å². The summed E-state index contributed by atoms with van der Waals surface area (Å²) in [6.07, 6.45) is 0. The number of rotatable bonds is 3. The Bertz CT molecular complexity index is 614. The maximum absolute atomic E-state index is 11.0. The van der Waals surface area contributed by atoms with Crippen LogP contribution in [-0.2, 0) is 9.53 Å². The maximum Gasteiger partial charge on any atom is 0.417 e. The fourth-order valence-corrected chi connectivity index (χ4v) is 1.41. The molecule has 2 rings (SSSR count). The van der Waals surface area contributed by atoms with Gasteiger partial charge in [0.2, 0.25) is 0 Å². The molecule has 1 aromatic heterocycles. The predicted molar refractivity (Wildman–Crippen MR) is 61.8 cm³/mol. The predicted octanol–water partition coefficient (Wildman–Crippen LogP) is 0.288. The molecule has 90 valence electrons. The molecule has 2 aromatic rings. The number of benzene rings is 1. The minimum Gasteiger partial charge on any atom is -0.468 e. The highest BCUT2D eigenvalue weighted by molar-refractivity contribution is 5.86. The minimum absolute atomic E-state index is 0.00566. The largest absolute Gasteiger partial charge is 0.468 e. The second kappa shape index (κ2) is 4.20. The Morgan fingerprint density at radius 1 is 1.59 bits per heavy atom. The summed E-state index contributed by atoms with van der Waals surface area (Å²) < 4.78 is 9.32. The van der Waals surface area contributed by atoms with E-state index in [0.29, 0.717) is 22.5 Å². The third kappa shape index (κ3) is 2.22.